The van der Waals surface area contributed by atoms with Crippen LogP contribution in [0.15, 0.2) is 48.5 Å². The number of ether oxygens (including phenoxy) is 1. The van der Waals surface area contributed by atoms with Crippen LogP contribution in [-0.2, 0) is 4.79 Å². The number of benzene rings is 2. The summed E-state index contributed by atoms with van der Waals surface area (Å²) in [4.78, 5) is 33.5. The minimum absolute atomic E-state index is 0.0223. The van der Waals surface area contributed by atoms with E-state index in [9.17, 15) is 9.59 Å². The van der Waals surface area contributed by atoms with E-state index in [1.54, 1.807) is 18.9 Å². The highest BCUT2D eigenvalue weighted by molar-refractivity contribution is 6.07. The van der Waals surface area contributed by atoms with Crippen LogP contribution >= 0.6 is 0 Å². The topological polar surface area (TPSA) is 62.7 Å². The summed E-state index contributed by atoms with van der Waals surface area (Å²) in [5.41, 5.74) is 4.19. The van der Waals surface area contributed by atoms with E-state index in [-0.39, 0.29) is 11.8 Å². The van der Waals surface area contributed by atoms with E-state index in [0.717, 1.165) is 33.5 Å². The summed E-state index contributed by atoms with van der Waals surface area (Å²) in [5, 5.41) is 0.853. The first-order valence-electron chi connectivity index (χ1n) is 10.1. The maximum atomic E-state index is 13.5. The van der Waals surface area contributed by atoms with Gasteiger partial charge in [-0.1, -0.05) is 11.6 Å². The molecule has 0 spiro atoms. The molecule has 0 unspecified atom stereocenters. The summed E-state index contributed by atoms with van der Waals surface area (Å²) in [7, 11) is 1.63. The highest BCUT2D eigenvalue weighted by Gasteiger charge is 2.25. The Morgan fingerprint density at radius 3 is 2.23 bits per heavy atom. The highest BCUT2D eigenvalue weighted by Crippen LogP contribution is 2.28. The summed E-state index contributed by atoms with van der Waals surface area (Å²) in [6.45, 7) is 5.77. The Bertz CT molecular complexity index is 1100. The lowest BCUT2D eigenvalue weighted by molar-refractivity contribution is -0.130. The fourth-order valence-corrected chi connectivity index (χ4v) is 3.82. The van der Waals surface area contributed by atoms with Crippen LogP contribution in [0.1, 0.15) is 22.8 Å². The number of nitrogens with zero attached hydrogens (tertiary/aromatic N) is 3. The van der Waals surface area contributed by atoms with Crippen molar-refractivity contribution in [1.82, 2.24) is 14.8 Å². The van der Waals surface area contributed by atoms with Gasteiger partial charge in [-0.15, -0.1) is 0 Å². The van der Waals surface area contributed by atoms with Gasteiger partial charge in [0, 0.05) is 44.1 Å². The molecule has 0 saturated carbocycles. The molecule has 0 aliphatic carbocycles. The molecular formula is C24H25N3O3. The fourth-order valence-electron chi connectivity index (χ4n) is 3.82. The summed E-state index contributed by atoms with van der Waals surface area (Å²) >= 11 is 0. The Morgan fingerprint density at radius 1 is 0.933 bits per heavy atom. The van der Waals surface area contributed by atoms with E-state index in [1.165, 1.54) is 0 Å². The van der Waals surface area contributed by atoms with Crippen LogP contribution < -0.4 is 4.74 Å². The van der Waals surface area contributed by atoms with E-state index in [4.69, 9.17) is 9.72 Å². The third-order valence-electron chi connectivity index (χ3n) is 5.59. The number of hydrogen-bond acceptors (Lipinski definition) is 4. The van der Waals surface area contributed by atoms with Gasteiger partial charge in [0.15, 0.2) is 0 Å². The van der Waals surface area contributed by atoms with E-state index in [2.05, 4.69) is 0 Å². The monoisotopic (exact) mass is 403 g/mol. The van der Waals surface area contributed by atoms with Gasteiger partial charge >= 0.3 is 0 Å². The van der Waals surface area contributed by atoms with Gasteiger partial charge in [0.05, 0.1) is 23.9 Å². The molecule has 4 rings (SSSR count). The molecule has 30 heavy (non-hydrogen) atoms. The maximum Gasteiger partial charge on any atom is 0.254 e. The molecule has 0 radical (unpaired) electrons. The first-order valence-corrected chi connectivity index (χ1v) is 10.1. The van der Waals surface area contributed by atoms with Gasteiger partial charge in [-0.3, -0.25) is 9.59 Å². The Labute approximate surface area is 176 Å². The molecule has 6 nitrogen and oxygen atoms in total. The largest absolute Gasteiger partial charge is 0.497 e. The zero-order valence-corrected chi connectivity index (χ0v) is 17.5. The van der Waals surface area contributed by atoms with Crippen LogP contribution in [0.5, 0.6) is 5.75 Å². The number of fused-ring (bicyclic) bond motifs is 1. The second-order valence-electron chi connectivity index (χ2n) is 7.60. The number of piperazine rings is 1. The lowest BCUT2D eigenvalue weighted by Crippen LogP contribution is -2.50. The third kappa shape index (κ3) is 3.85. The normalized spacial score (nSPS) is 14.1. The Morgan fingerprint density at radius 2 is 1.60 bits per heavy atom. The minimum atomic E-state index is -0.0223. The second kappa shape index (κ2) is 8.14. The van der Waals surface area contributed by atoms with Crippen LogP contribution in [0.25, 0.3) is 22.2 Å². The molecule has 1 aromatic heterocycles. The highest BCUT2D eigenvalue weighted by atomic mass is 16.5. The van der Waals surface area contributed by atoms with Gasteiger partial charge in [-0.25, -0.2) is 4.98 Å². The van der Waals surface area contributed by atoms with Crippen LogP contribution in [-0.4, -0.2) is 59.9 Å². The van der Waals surface area contributed by atoms with Gasteiger partial charge in [0.1, 0.15) is 5.75 Å². The first-order chi connectivity index (χ1) is 14.5. The number of aryl methyl sites for hydroxylation is 1. The van der Waals surface area contributed by atoms with Crippen molar-refractivity contribution in [2.24, 2.45) is 0 Å². The van der Waals surface area contributed by atoms with Crippen molar-refractivity contribution >= 4 is 22.7 Å². The van der Waals surface area contributed by atoms with Crippen molar-refractivity contribution < 1.29 is 14.3 Å². The smallest absolute Gasteiger partial charge is 0.254 e. The van der Waals surface area contributed by atoms with Crippen LogP contribution in [0, 0.1) is 6.92 Å². The summed E-state index contributed by atoms with van der Waals surface area (Å²) < 4.78 is 5.25. The number of hydrogen-bond donors (Lipinski definition) is 0. The Hall–Kier alpha value is -3.41. The number of amides is 2. The maximum absolute atomic E-state index is 13.5. The number of methoxy groups -OCH3 is 1. The molecule has 1 saturated heterocycles. The van der Waals surface area contributed by atoms with Crippen molar-refractivity contribution in [3.63, 3.8) is 0 Å². The number of aromatic nitrogens is 1. The zero-order chi connectivity index (χ0) is 21.3. The van der Waals surface area contributed by atoms with Crippen molar-refractivity contribution in [3.8, 4) is 17.0 Å². The van der Waals surface area contributed by atoms with Gasteiger partial charge in [0.2, 0.25) is 5.91 Å². The number of carbonyl (C=O) groups excluding carboxylic acids is 2. The molecule has 6 heteroatoms. The lowest BCUT2D eigenvalue weighted by atomic mass is 10.0. The molecule has 0 N–H and O–H groups in total. The van der Waals surface area contributed by atoms with Crippen molar-refractivity contribution in [1.29, 1.82) is 0 Å². The summed E-state index contributed by atoms with van der Waals surface area (Å²) in [6, 6.07) is 15.5. The minimum Gasteiger partial charge on any atom is -0.497 e. The van der Waals surface area contributed by atoms with E-state index in [0.29, 0.717) is 31.7 Å². The molecule has 2 heterocycles. The average Bonchev–Trinajstić information content (AvgIpc) is 2.78. The van der Waals surface area contributed by atoms with Crippen molar-refractivity contribution in [2.45, 2.75) is 13.8 Å². The predicted octanol–water partition coefficient (Wildman–Crippen LogP) is 3.52. The van der Waals surface area contributed by atoms with Crippen molar-refractivity contribution in [2.75, 3.05) is 33.3 Å². The third-order valence-corrected chi connectivity index (χ3v) is 5.59. The SMILES string of the molecule is COc1ccc(-c2cc(C(=O)N3CCN(C(C)=O)CC3)c3cc(C)ccc3n2)cc1. The standard InChI is InChI=1S/C24H25N3O3/c1-16-4-9-22-20(14-16)21(24(29)27-12-10-26(11-13-27)17(2)28)15-23(25-22)18-5-7-19(30-3)8-6-18/h4-9,14-15H,10-13H2,1-3H3. The Balaban J connectivity index is 1.74. The van der Waals surface area contributed by atoms with Crippen LogP contribution in [0.4, 0.5) is 0 Å². The molecule has 2 aromatic carbocycles. The lowest BCUT2D eigenvalue weighted by Gasteiger charge is -2.34. The predicted molar refractivity (Wildman–Crippen MR) is 117 cm³/mol. The van der Waals surface area contributed by atoms with Crippen molar-refractivity contribution in [3.05, 3.63) is 59.7 Å². The number of carbonyl (C=O) groups is 2. The quantitative estimate of drug-likeness (QED) is 0.671. The van der Waals surface area contributed by atoms with E-state index >= 15 is 0 Å². The Kier molecular flexibility index (Phi) is 5.40. The van der Waals surface area contributed by atoms with Gasteiger partial charge in [0.25, 0.3) is 5.91 Å². The molecule has 0 bridgehead atoms. The van der Waals surface area contributed by atoms with Gasteiger partial charge in [-0.05, 0) is 49.4 Å². The summed E-state index contributed by atoms with van der Waals surface area (Å²) in [5.74, 6) is 0.801. The molecule has 3 aromatic rings. The zero-order valence-electron chi connectivity index (χ0n) is 17.5. The summed E-state index contributed by atoms with van der Waals surface area (Å²) in [6.07, 6.45) is 0. The molecule has 2 amide bonds. The second-order valence-corrected chi connectivity index (χ2v) is 7.60. The van der Waals surface area contributed by atoms with Gasteiger partial charge in [-0.2, -0.15) is 0 Å². The fraction of sp³-hybridized carbons (Fsp3) is 0.292. The van der Waals surface area contributed by atoms with E-state index in [1.807, 2.05) is 60.4 Å². The number of pyridine rings is 1. The van der Waals surface area contributed by atoms with Gasteiger partial charge < -0.3 is 14.5 Å². The molecule has 1 fully saturated rings. The van der Waals surface area contributed by atoms with Crippen LogP contribution in [0.3, 0.4) is 0 Å². The van der Waals surface area contributed by atoms with Crippen LogP contribution in [0.2, 0.25) is 0 Å². The molecule has 1 aliphatic rings. The van der Waals surface area contributed by atoms with E-state index < -0.39 is 0 Å². The number of rotatable bonds is 3. The molecular weight excluding hydrogens is 378 g/mol. The molecule has 1 aliphatic heterocycles. The average molecular weight is 403 g/mol. The molecule has 154 valence electrons. The first kappa shape index (κ1) is 19.9. The molecule has 0 atom stereocenters.